The highest BCUT2D eigenvalue weighted by molar-refractivity contribution is 5.55. The van der Waals surface area contributed by atoms with Gasteiger partial charge in [0.2, 0.25) is 0 Å². The number of hydrogen-bond acceptors (Lipinski definition) is 6. The smallest absolute Gasteiger partial charge is 0.257 e. The van der Waals surface area contributed by atoms with Crippen LogP contribution in [0.4, 0.5) is 0 Å². The van der Waals surface area contributed by atoms with E-state index in [1.165, 1.54) is 0 Å². The van der Waals surface area contributed by atoms with Crippen LogP contribution in [-0.2, 0) is 6.42 Å². The van der Waals surface area contributed by atoms with Crippen LogP contribution in [0.1, 0.15) is 48.9 Å². The Hall–Kier alpha value is -3.35. The normalized spacial score (nSPS) is 14.8. The van der Waals surface area contributed by atoms with E-state index in [2.05, 4.69) is 36.8 Å². The van der Waals surface area contributed by atoms with E-state index >= 15 is 0 Å². The fourth-order valence-electron chi connectivity index (χ4n) is 3.63. The largest absolute Gasteiger partial charge is 0.334 e. The predicted molar refractivity (Wildman–Crippen MR) is 108 cm³/mol. The Balaban J connectivity index is 1.41. The molecule has 0 saturated heterocycles. The molecule has 1 unspecified atom stereocenters. The van der Waals surface area contributed by atoms with Crippen LogP contribution in [-0.4, -0.2) is 29.9 Å². The zero-order valence-corrected chi connectivity index (χ0v) is 16.5. The van der Waals surface area contributed by atoms with Crippen LogP contribution in [0.3, 0.4) is 0 Å². The third-order valence-electron chi connectivity index (χ3n) is 5.24. The molecule has 0 N–H and O–H groups in total. The maximum Gasteiger partial charge on any atom is 0.257 e. The van der Waals surface area contributed by atoms with Crippen LogP contribution in [0.25, 0.3) is 22.8 Å². The Morgan fingerprint density at radius 1 is 1.10 bits per heavy atom. The first-order valence-corrected chi connectivity index (χ1v) is 9.94. The molecule has 1 atom stereocenters. The van der Waals surface area contributed by atoms with Crippen molar-refractivity contribution in [2.75, 3.05) is 0 Å². The first-order chi connectivity index (χ1) is 14.2. The third kappa shape index (κ3) is 3.55. The molecule has 146 valence electrons. The van der Waals surface area contributed by atoms with Gasteiger partial charge in [0.1, 0.15) is 5.82 Å². The molecule has 0 amide bonds. The number of aryl methyl sites for hydroxylation is 1. The van der Waals surface area contributed by atoms with E-state index in [1.54, 1.807) is 12.4 Å². The highest BCUT2D eigenvalue weighted by atomic mass is 16.5. The lowest BCUT2D eigenvalue weighted by Crippen LogP contribution is -2.10. The van der Waals surface area contributed by atoms with Crippen molar-refractivity contribution < 1.29 is 4.52 Å². The molecule has 1 aliphatic rings. The van der Waals surface area contributed by atoms with Crippen molar-refractivity contribution >= 4 is 0 Å². The number of aromatic nitrogens is 6. The van der Waals surface area contributed by atoms with Crippen LogP contribution >= 0.6 is 0 Å². The summed E-state index contributed by atoms with van der Waals surface area (Å²) in [5.41, 5.74) is 3.15. The molecule has 7 heteroatoms. The summed E-state index contributed by atoms with van der Waals surface area (Å²) in [5, 5.41) is 13.2. The molecule has 0 spiro atoms. The zero-order chi connectivity index (χ0) is 19.8. The summed E-state index contributed by atoms with van der Waals surface area (Å²) in [5.74, 6) is 3.25. The quantitative estimate of drug-likeness (QED) is 0.489. The van der Waals surface area contributed by atoms with Crippen LogP contribution in [0.5, 0.6) is 0 Å². The molecule has 5 rings (SSSR count). The molecule has 1 aromatic carbocycles. The molecular formula is C22H22N6O. The van der Waals surface area contributed by atoms with E-state index in [9.17, 15) is 0 Å². The molecule has 3 heterocycles. The van der Waals surface area contributed by atoms with E-state index in [1.807, 2.05) is 43.3 Å². The summed E-state index contributed by atoms with van der Waals surface area (Å²) < 4.78 is 7.78. The molecule has 3 aromatic heterocycles. The monoisotopic (exact) mass is 386 g/mol. The minimum Gasteiger partial charge on any atom is -0.334 e. The molecule has 4 aromatic rings. The zero-order valence-electron chi connectivity index (χ0n) is 16.5. The van der Waals surface area contributed by atoms with Crippen molar-refractivity contribution in [3.8, 4) is 22.8 Å². The SMILES string of the molecule is Cc1cccc(-c2nc(CC(C)c3nnc(-c4ccncc4)n3C3CC3)no2)c1. The van der Waals surface area contributed by atoms with Gasteiger partial charge >= 0.3 is 0 Å². The second-order valence-corrected chi connectivity index (χ2v) is 7.71. The number of hydrogen-bond donors (Lipinski definition) is 0. The van der Waals surface area contributed by atoms with Gasteiger partial charge in [0.25, 0.3) is 5.89 Å². The van der Waals surface area contributed by atoms with E-state index < -0.39 is 0 Å². The summed E-state index contributed by atoms with van der Waals surface area (Å²) in [6.45, 7) is 4.19. The summed E-state index contributed by atoms with van der Waals surface area (Å²) >= 11 is 0. The van der Waals surface area contributed by atoms with Gasteiger partial charge < -0.3 is 9.09 Å². The fraction of sp³-hybridized carbons (Fsp3) is 0.318. The molecule has 7 nitrogen and oxygen atoms in total. The summed E-state index contributed by atoms with van der Waals surface area (Å²) in [6, 6.07) is 12.5. The van der Waals surface area contributed by atoms with Gasteiger partial charge in [-0.1, -0.05) is 29.8 Å². The van der Waals surface area contributed by atoms with Crippen molar-refractivity contribution in [3.63, 3.8) is 0 Å². The van der Waals surface area contributed by atoms with E-state index in [0.29, 0.717) is 24.2 Å². The molecule has 1 saturated carbocycles. The van der Waals surface area contributed by atoms with Gasteiger partial charge in [0.15, 0.2) is 11.6 Å². The van der Waals surface area contributed by atoms with Crippen LogP contribution in [0, 0.1) is 6.92 Å². The van der Waals surface area contributed by atoms with Gasteiger partial charge in [-0.05, 0) is 44.0 Å². The van der Waals surface area contributed by atoms with Crippen molar-refractivity contribution in [1.29, 1.82) is 0 Å². The third-order valence-corrected chi connectivity index (χ3v) is 5.24. The lowest BCUT2D eigenvalue weighted by atomic mass is 10.1. The van der Waals surface area contributed by atoms with Gasteiger partial charge in [0.05, 0.1) is 0 Å². The first kappa shape index (κ1) is 17.7. The van der Waals surface area contributed by atoms with E-state index in [0.717, 1.165) is 41.2 Å². The van der Waals surface area contributed by atoms with Crippen LogP contribution < -0.4 is 0 Å². The van der Waals surface area contributed by atoms with Gasteiger partial charge in [0, 0.05) is 41.9 Å². The summed E-state index contributed by atoms with van der Waals surface area (Å²) in [6.07, 6.45) is 6.55. The van der Waals surface area contributed by atoms with Gasteiger partial charge in [-0.2, -0.15) is 4.98 Å². The minimum atomic E-state index is 0.127. The molecule has 0 aliphatic heterocycles. The topological polar surface area (TPSA) is 82.5 Å². The fourth-order valence-corrected chi connectivity index (χ4v) is 3.63. The summed E-state index contributed by atoms with van der Waals surface area (Å²) in [4.78, 5) is 8.71. The van der Waals surface area contributed by atoms with Gasteiger partial charge in [-0.3, -0.25) is 4.98 Å². The lowest BCUT2D eigenvalue weighted by Gasteiger charge is -2.13. The molecule has 0 bridgehead atoms. The highest BCUT2D eigenvalue weighted by Crippen LogP contribution is 2.40. The molecular weight excluding hydrogens is 364 g/mol. The Labute approximate surface area is 168 Å². The molecule has 1 fully saturated rings. The standard InChI is InChI=1S/C22H22N6O/c1-14-4-3-5-17(12-14)22-24-19(27-29-22)13-15(2)20-25-26-21(28(20)18-6-7-18)16-8-10-23-11-9-16/h3-5,8-12,15,18H,6-7,13H2,1-2H3. The van der Waals surface area contributed by atoms with Crippen molar-refractivity contribution in [2.24, 2.45) is 0 Å². The maximum absolute atomic E-state index is 5.50. The predicted octanol–water partition coefficient (Wildman–Crippen LogP) is 4.38. The van der Waals surface area contributed by atoms with Gasteiger partial charge in [-0.15, -0.1) is 10.2 Å². The highest BCUT2D eigenvalue weighted by Gasteiger charge is 2.32. The van der Waals surface area contributed by atoms with Crippen molar-refractivity contribution in [2.45, 2.75) is 45.1 Å². The molecule has 29 heavy (non-hydrogen) atoms. The molecule has 1 aliphatic carbocycles. The average Bonchev–Trinajstić information content (AvgIpc) is 3.30. The second kappa shape index (κ2) is 7.24. The minimum absolute atomic E-state index is 0.127. The second-order valence-electron chi connectivity index (χ2n) is 7.71. The van der Waals surface area contributed by atoms with E-state index in [4.69, 9.17) is 4.52 Å². The lowest BCUT2D eigenvalue weighted by molar-refractivity contribution is 0.419. The van der Waals surface area contributed by atoms with Gasteiger partial charge in [-0.25, -0.2) is 0 Å². The van der Waals surface area contributed by atoms with Crippen molar-refractivity contribution in [3.05, 3.63) is 66.0 Å². The van der Waals surface area contributed by atoms with Crippen molar-refractivity contribution in [1.82, 2.24) is 29.9 Å². The number of nitrogens with zero attached hydrogens (tertiary/aromatic N) is 6. The Bertz CT molecular complexity index is 1130. The van der Waals surface area contributed by atoms with Crippen LogP contribution in [0.15, 0.2) is 53.3 Å². The Kier molecular flexibility index (Phi) is 4.42. The average molecular weight is 386 g/mol. The Morgan fingerprint density at radius 2 is 1.93 bits per heavy atom. The first-order valence-electron chi connectivity index (χ1n) is 9.94. The number of benzene rings is 1. The van der Waals surface area contributed by atoms with Crippen LogP contribution in [0.2, 0.25) is 0 Å². The Morgan fingerprint density at radius 3 is 2.69 bits per heavy atom. The molecule has 0 radical (unpaired) electrons. The maximum atomic E-state index is 5.50. The number of rotatable bonds is 6. The van der Waals surface area contributed by atoms with E-state index in [-0.39, 0.29) is 5.92 Å². The number of pyridine rings is 1. The summed E-state index contributed by atoms with van der Waals surface area (Å²) in [7, 11) is 0.